The van der Waals surface area contributed by atoms with Gasteiger partial charge < -0.3 is 20.3 Å². The Morgan fingerprint density at radius 1 is 1.09 bits per heavy atom. The van der Waals surface area contributed by atoms with Crippen LogP contribution in [0.3, 0.4) is 0 Å². The molecule has 0 fully saturated rings. The normalized spacial score (nSPS) is 15.1. The van der Waals surface area contributed by atoms with Gasteiger partial charge in [-0.25, -0.2) is 4.39 Å². The standard InChI is InChI=1S/C25H24FN3O3/c1-15-4-6-16(7-5-15)14-27-24(30)19-12-13-20-21(22(19)32-3)25(31)29(2)23(28-20)17-8-10-18(26)11-9-17/h4-13,23,28H,14H2,1-3H3,(H,27,30). The lowest BCUT2D eigenvalue weighted by Gasteiger charge is -2.36. The number of hydrogen-bond donors (Lipinski definition) is 2. The maximum atomic E-state index is 13.3. The summed E-state index contributed by atoms with van der Waals surface area (Å²) in [4.78, 5) is 27.6. The van der Waals surface area contributed by atoms with E-state index in [1.807, 2.05) is 31.2 Å². The van der Waals surface area contributed by atoms with Crippen molar-refractivity contribution >= 4 is 17.5 Å². The second kappa shape index (κ2) is 8.70. The number of aryl methyl sites for hydroxylation is 1. The topological polar surface area (TPSA) is 70.7 Å². The number of nitrogens with one attached hydrogen (secondary N) is 2. The second-order valence-electron chi connectivity index (χ2n) is 7.75. The minimum atomic E-state index is -0.471. The summed E-state index contributed by atoms with van der Waals surface area (Å²) in [6.45, 7) is 2.36. The Morgan fingerprint density at radius 3 is 2.44 bits per heavy atom. The number of methoxy groups -OCH3 is 1. The number of halogens is 1. The van der Waals surface area contributed by atoms with Crippen molar-refractivity contribution in [1.82, 2.24) is 10.2 Å². The molecule has 3 aromatic rings. The fourth-order valence-electron chi connectivity index (χ4n) is 3.78. The van der Waals surface area contributed by atoms with Gasteiger partial charge in [-0.15, -0.1) is 0 Å². The van der Waals surface area contributed by atoms with Crippen molar-refractivity contribution in [3.63, 3.8) is 0 Å². The molecule has 1 aliphatic rings. The van der Waals surface area contributed by atoms with Crippen LogP contribution in [0.15, 0.2) is 60.7 Å². The third kappa shape index (κ3) is 4.01. The molecule has 32 heavy (non-hydrogen) atoms. The van der Waals surface area contributed by atoms with Crippen LogP contribution in [-0.4, -0.2) is 30.9 Å². The number of anilines is 1. The number of carbonyl (C=O) groups is 2. The lowest BCUT2D eigenvalue weighted by molar-refractivity contribution is 0.0731. The summed E-state index contributed by atoms with van der Waals surface area (Å²) >= 11 is 0. The zero-order chi connectivity index (χ0) is 22.8. The lowest BCUT2D eigenvalue weighted by Crippen LogP contribution is -2.40. The zero-order valence-electron chi connectivity index (χ0n) is 18.1. The maximum Gasteiger partial charge on any atom is 0.261 e. The van der Waals surface area contributed by atoms with Crippen molar-refractivity contribution in [1.29, 1.82) is 0 Å². The molecule has 0 aliphatic carbocycles. The molecule has 1 unspecified atom stereocenters. The summed E-state index contributed by atoms with van der Waals surface area (Å²) in [5.74, 6) is -0.757. The fourth-order valence-corrected chi connectivity index (χ4v) is 3.78. The van der Waals surface area contributed by atoms with Gasteiger partial charge in [0.15, 0.2) is 0 Å². The van der Waals surface area contributed by atoms with Crippen LogP contribution in [0.25, 0.3) is 0 Å². The predicted molar refractivity (Wildman–Crippen MR) is 120 cm³/mol. The lowest BCUT2D eigenvalue weighted by atomic mass is 9.99. The van der Waals surface area contributed by atoms with Crippen molar-refractivity contribution in [2.75, 3.05) is 19.5 Å². The first-order valence-electron chi connectivity index (χ1n) is 10.2. The third-order valence-electron chi connectivity index (χ3n) is 5.58. The summed E-state index contributed by atoms with van der Waals surface area (Å²) in [5.41, 5.74) is 3.98. The van der Waals surface area contributed by atoms with Gasteiger partial charge in [-0.2, -0.15) is 0 Å². The van der Waals surface area contributed by atoms with Crippen LogP contribution < -0.4 is 15.4 Å². The largest absolute Gasteiger partial charge is 0.495 e. The van der Waals surface area contributed by atoms with E-state index in [-0.39, 0.29) is 34.5 Å². The highest BCUT2D eigenvalue weighted by Gasteiger charge is 2.34. The Balaban J connectivity index is 1.61. The number of benzene rings is 3. The number of hydrogen-bond acceptors (Lipinski definition) is 4. The molecule has 1 aliphatic heterocycles. The van der Waals surface area contributed by atoms with E-state index in [1.54, 1.807) is 31.3 Å². The molecule has 6 nitrogen and oxygen atoms in total. The Morgan fingerprint density at radius 2 is 1.78 bits per heavy atom. The van der Waals surface area contributed by atoms with Crippen molar-refractivity contribution in [3.8, 4) is 5.75 Å². The van der Waals surface area contributed by atoms with Crippen LogP contribution in [0, 0.1) is 12.7 Å². The zero-order valence-corrected chi connectivity index (χ0v) is 18.1. The van der Waals surface area contributed by atoms with Gasteiger partial charge in [0.1, 0.15) is 23.3 Å². The second-order valence-corrected chi connectivity index (χ2v) is 7.75. The molecule has 4 rings (SSSR count). The molecule has 0 bridgehead atoms. The van der Waals surface area contributed by atoms with Crippen LogP contribution in [-0.2, 0) is 6.54 Å². The quantitative estimate of drug-likeness (QED) is 0.631. The number of amides is 2. The number of ether oxygens (including phenoxy) is 1. The number of carbonyl (C=O) groups excluding carboxylic acids is 2. The van der Waals surface area contributed by atoms with Crippen molar-refractivity contribution in [2.24, 2.45) is 0 Å². The highest BCUT2D eigenvalue weighted by atomic mass is 19.1. The van der Waals surface area contributed by atoms with E-state index in [1.165, 1.54) is 24.1 Å². The monoisotopic (exact) mass is 433 g/mol. The van der Waals surface area contributed by atoms with Gasteiger partial charge in [-0.05, 0) is 42.3 Å². The van der Waals surface area contributed by atoms with E-state index in [2.05, 4.69) is 10.6 Å². The van der Waals surface area contributed by atoms with Crippen LogP contribution >= 0.6 is 0 Å². The molecule has 2 N–H and O–H groups in total. The highest BCUT2D eigenvalue weighted by Crippen LogP contribution is 2.39. The van der Waals surface area contributed by atoms with Gasteiger partial charge in [0.2, 0.25) is 0 Å². The van der Waals surface area contributed by atoms with E-state index >= 15 is 0 Å². The molecule has 7 heteroatoms. The molecule has 164 valence electrons. The van der Waals surface area contributed by atoms with Crippen molar-refractivity contribution in [2.45, 2.75) is 19.6 Å². The minimum absolute atomic E-state index is 0.214. The summed E-state index contributed by atoms with van der Waals surface area (Å²) in [5, 5.41) is 6.17. The molecule has 1 heterocycles. The van der Waals surface area contributed by atoms with Crippen LogP contribution in [0.5, 0.6) is 5.75 Å². The molecule has 0 saturated carbocycles. The molecule has 0 saturated heterocycles. The Bertz CT molecular complexity index is 1160. The van der Waals surface area contributed by atoms with Crippen LogP contribution in [0.2, 0.25) is 0 Å². The number of rotatable bonds is 5. The summed E-state index contributed by atoms with van der Waals surface area (Å²) < 4.78 is 18.8. The molecule has 0 aromatic heterocycles. The summed E-state index contributed by atoms with van der Waals surface area (Å²) in [6, 6.07) is 17.2. The first kappa shape index (κ1) is 21.4. The summed E-state index contributed by atoms with van der Waals surface area (Å²) in [7, 11) is 3.08. The predicted octanol–water partition coefficient (Wildman–Crippen LogP) is 4.27. The first-order chi connectivity index (χ1) is 15.4. The molecule has 2 amide bonds. The Kier molecular flexibility index (Phi) is 5.81. The Labute approximate surface area is 186 Å². The molecule has 0 radical (unpaired) electrons. The molecule has 3 aromatic carbocycles. The van der Waals surface area contributed by atoms with Gasteiger partial charge >= 0.3 is 0 Å². The summed E-state index contributed by atoms with van der Waals surface area (Å²) in [6.07, 6.45) is -0.471. The maximum absolute atomic E-state index is 13.3. The van der Waals surface area contributed by atoms with Crippen LogP contribution in [0.4, 0.5) is 10.1 Å². The smallest absolute Gasteiger partial charge is 0.261 e. The molecular formula is C25H24FN3O3. The van der Waals surface area contributed by atoms with Crippen molar-refractivity contribution < 1.29 is 18.7 Å². The van der Waals surface area contributed by atoms with Crippen LogP contribution in [0.1, 0.15) is 43.6 Å². The first-order valence-corrected chi connectivity index (χ1v) is 10.2. The van der Waals surface area contributed by atoms with E-state index in [0.29, 0.717) is 12.2 Å². The average molecular weight is 433 g/mol. The van der Waals surface area contributed by atoms with Gasteiger partial charge in [0.25, 0.3) is 11.8 Å². The Hall–Kier alpha value is -3.87. The van der Waals surface area contributed by atoms with Gasteiger partial charge in [0, 0.05) is 13.6 Å². The SMILES string of the molecule is COc1c(C(=O)NCc2ccc(C)cc2)ccc2c1C(=O)N(C)C(c1ccc(F)cc1)N2. The fraction of sp³-hybridized carbons (Fsp3) is 0.200. The number of nitrogens with zero attached hydrogens (tertiary/aromatic N) is 1. The van der Waals surface area contributed by atoms with E-state index in [9.17, 15) is 14.0 Å². The van der Waals surface area contributed by atoms with E-state index < -0.39 is 6.17 Å². The van der Waals surface area contributed by atoms with Gasteiger partial charge in [-0.3, -0.25) is 9.59 Å². The average Bonchev–Trinajstić information content (AvgIpc) is 2.80. The van der Waals surface area contributed by atoms with Gasteiger partial charge in [-0.1, -0.05) is 42.0 Å². The van der Waals surface area contributed by atoms with Gasteiger partial charge in [0.05, 0.1) is 18.4 Å². The number of fused-ring (bicyclic) bond motifs is 1. The molecular weight excluding hydrogens is 409 g/mol. The molecule has 1 atom stereocenters. The molecule has 0 spiro atoms. The highest BCUT2D eigenvalue weighted by molar-refractivity contribution is 6.09. The van der Waals surface area contributed by atoms with E-state index in [4.69, 9.17) is 4.74 Å². The minimum Gasteiger partial charge on any atom is -0.495 e. The van der Waals surface area contributed by atoms with E-state index in [0.717, 1.165) is 16.7 Å². The van der Waals surface area contributed by atoms with Crippen molar-refractivity contribution in [3.05, 3.63) is 94.3 Å². The third-order valence-corrected chi connectivity index (χ3v) is 5.58.